The Labute approximate surface area is 175 Å². The Morgan fingerprint density at radius 3 is 2.25 bits per heavy atom. The predicted octanol–water partition coefficient (Wildman–Crippen LogP) is 4.05. The van der Waals surface area contributed by atoms with Gasteiger partial charge >= 0.3 is 0 Å². The molecule has 4 rings (SSSR count). The molecule has 2 heterocycles. The van der Waals surface area contributed by atoms with Gasteiger partial charge in [-0.2, -0.15) is 5.10 Å². The fourth-order valence-electron chi connectivity index (χ4n) is 3.54. The highest BCUT2D eigenvalue weighted by Crippen LogP contribution is 2.17. The van der Waals surface area contributed by atoms with Crippen molar-refractivity contribution in [2.75, 3.05) is 26.2 Å². The molecule has 2 aromatic carbocycles. The Kier molecular flexibility index (Phi) is 5.92. The summed E-state index contributed by atoms with van der Waals surface area (Å²) in [4.78, 5) is 4.89. The summed E-state index contributed by atoms with van der Waals surface area (Å²) in [5.41, 5.74) is 2.39. The van der Waals surface area contributed by atoms with E-state index in [2.05, 4.69) is 34.1 Å². The van der Waals surface area contributed by atoms with Crippen LogP contribution in [0.4, 0.5) is 0 Å². The second-order valence-electron chi connectivity index (χ2n) is 7.19. The van der Waals surface area contributed by atoms with E-state index < -0.39 is 0 Å². The lowest BCUT2D eigenvalue weighted by atomic mass is 10.2. The van der Waals surface area contributed by atoms with Crippen LogP contribution in [0.2, 0.25) is 5.02 Å². The van der Waals surface area contributed by atoms with E-state index in [1.54, 1.807) is 0 Å². The lowest BCUT2D eigenvalue weighted by molar-refractivity contribution is 0.0981. The van der Waals surface area contributed by atoms with Gasteiger partial charge in [0, 0.05) is 50.4 Å². The fourth-order valence-corrected chi connectivity index (χ4v) is 3.86. The Balaban J connectivity index is 1.37. The SMILES string of the molecule is Cn1c(-c2ccccc2)nn(CN2CCN(Cc3ccc(Cl)cc3)CC2)c1=S. The fraction of sp³-hybridized carbons (Fsp3) is 0.333. The van der Waals surface area contributed by atoms with Crippen LogP contribution in [0.25, 0.3) is 11.4 Å². The topological polar surface area (TPSA) is 29.2 Å². The van der Waals surface area contributed by atoms with Crippen molar-refractivity contribution in [1.82, 2.24) is 24.1 Å². The van der Waals surface area contributed by atoms with Crippen molar-refractivity contribution >= 4 is 23.8 Å². The number of aromatic nitrogens is 3. The monoisotopic (exact) mass is 413 g/mol. The number of hydrogen-bond donors (Lipinski definition) is 0. The molecule has 0 unspecified atom stereocenters. The third-order valence-corrected chi connectivity index (χ3v) is 5.93. The van der Waals surface area contributed by atoms with Gasteiger partial charge in [-0.3, -0.25) is 9.80 Å². The molecule has 28 heavy (non-hydrogen) atoms. The van der Waals surface area contributed by atoms with Crippen molar-refractivity contribution < 1.29 is 0 Å². The largest absolute Gasteiger partial charge is 0.303 e. The average molecular weight is 414 g/mol. The van der Waals surface area contributed by atoms with Crippen molar-refractivity contribution in [2.24, 2.45) is 7.05 Å². The van der Waals surface area contributed by atoms with Gasteiger partial charge in [-0.05, 0) is 29.9 Å². The van der Waals surface area contributed by atoms with Crippen LogP contribution in [0.1, 0.15) is 5.56 Å². The van der Waals surface area contributed by atoms with Gasteiger partial charge < -0.3 is 4.57 Å². The maximum atomic E-state index is 5.98. The van der Waals surface area contributed by atoms with E-state index in [1.165, 1.54) is 5.56 Å². The maximum Gasteiger partial charge on any atom is 0.199 e. The molecule has 0 saturated carbocycles. The summed E-state index contributed by atoms with van der Waals surface area (Å²) < 4.78 is 4.68. The highest BCUT2D eigenvalue weighted by Gasteiger charge is 2.19. The molecule has 0 atom stereocenters. The van der Waals surface area contributed by atoms with E-state index in [9.17, 15) is 0 Å². The van der Waals surface area contributed by atoms with Gasteiger partial charge in [0.1, 0.15) is 0 Å². The average Bonchev–Trinajstić information content (AvgIpc) is 3.00. The quantitative estimate of drug-likeness (QED) is 0.590. The van der Waals surface area contributed by atoms with E-state index in [1.807, 2.05) is 46.6 Å². The van der Waals surface area contributed by atoms with Gasteiger partial charge in [-0.15, -0.1) is 0 Å². The zero-order valence-corrected chi connectivity index (χ0v) is 17.5. The van der Waals surface area contributed by atoms with Gasteiger partial charge in [0.25, 0.3) is 0 Å². The standard InChI is InChI=1S/C21H24ClN5S/c1-24-20(18-5-3-2-4-6-18)23-27(21(24)28)16-26-13-11-25(12-14-26)15-17-7-9-19(22)10-8-17/h2-10H,11-16H2,1H3. The maximum absolute atomic E-state index is 5.98. The molecule has 1 fully saturated rings. The summed E-state index contributed by atoms with van der Waals surface area (Å²) >= 11 is 11.6. The number of hydrogen-bond acceptors (Lipinski definition) is 4. The molecule has 0 spiro atoms. The lowest BCUT2D eigenvalue weighted by Gasteiger charge is -2.34. The molecule has 146 valence electrons. The third kappa shape index (κ3) is 4.36. The van der Waals surface area contributed by atoms with Gasteiger partial charge in [0.2, 0.25) is 0 Å². The normalized spacial score (nSPS) is 15.8. The molecule has 7 heteroatoms. The van der Waals surface area contributed by atoms with Gasteiger partial charge in [0.15, 0.2) is 10.6 Å². The number of benzene rings is 2. The Bertz CT molecular complexity index is 972. The van der Waals surface area contributed by atoms with E-state index in [4.69, 9.17) is 28.9 Å². The van der Waals surface area contributed by atoms with Crippen LogP contribution in [0.15, 0.2) is 54.6 Å². The van der Waals surface area contributed by atoms with E-state index in [0.717, 1.165) is 60.6 Å². The number of rotatable bonds is 5. The smallest absolute Gasteiger partial charge is 0.199 e. The van der Waals surface area contributed by atoms with Crippen molar-refractivity contribution in [3.8, 4) is 11.4 Å². The van der Waals surface area contributed by atoms with Gasteiger partial charge in [-0.25, -0.2) is 4.68 Å². The minimum atomic E-state index is 0.730. The number of nitrogens with zero attached hydrogens (tertiary/aromatic N) is 5. The zero-order valence-electron chi connectivity index (χ0n) is 16.0. The van der Waals surface area contributed by atoms with Crippen molar-refractivity contribution in [3.63, 3.8) is 0 Å². The Morgan fingerprint density at radius 2 is 1.57 bits per heavy atom. The number of piperazine rings is 1. The number of halogens is 1. The third-order valence-electron chi connectivity index (χ3n) is 5.19. The molecule has 0 radical (unpaired) electrons. The van der Waals surface area contributed by atoms with Crippen molar-refractivity contribution in [2.45, 2.75) is 13.2 Å². The van der Waals surface area contributed by atoms with E-state index >= 15 is 0 Å². The molecule has 0 N–H and O–H groups in total. The summed E-state index contributed by atoms with van der Waals surface area (Å²) in [6, 6.07) is 18.3. The molecular formula is C21H24ClN5S. The summed E-state index contributed by atoms with van der Waals surface area (Å²) in [6.45, 7) is 5.78. The van der Waals surface area contributed by atoms with Gasteiger partial charge in [-0.1, -0.05) is 54.1 Å². The zero-order chi connectivity index (χ0) is 19.5. The Hall–Kier alpha value is -1.99. The molecule has 5 nitrogen and oxygen atoms in total. The summed E-state index contributed by atoms with van der Waals surface area (Å²) in [6.07, 6.45) is 0. The van der Waals surface area contributed by atoms with Crippen LogP contribution in [0, 0.1) is 4.77 Å². The molecule has 0 aliphatic carbocycles. The highest BCUT2D eigenvalue weighted by molar-refractivity contribution is 7.71. The minimum absolute atomic E-state index is 0.730. The van der Waals surface area contributed by atoms with Crippen LogP contribution < -0.4 is 0 Å². The van der Waals surface area contributed by atoms with Crippen LogP contribution >= 0.6 is 23.8 Å². The Morgan fingerprint density at radius 1 is 0.929 bits per heavy atom. The van der Waals surface area contributed by atoms with Crippen molar-refractivity contribution in [3.05, 3.63) is 70.0 Å². The predicted molar refractivity (Wildman–Crippen MR) is 116 cm³/mol. The van der Waals surface area contributed by atoms with E-state index in [-0.39, 0.29) is 0 Å². The van der Waals surface area contributed by atoms with Crippen LogP contribution in [0.5, 0.6) is 0 Å². The molecular weight excluding hydrogens is 390 g/mol. The van der Waals surface area contributed by atoms with Gasteiger partial charge in [0.05, 0.1) is 6.67 Å². The first-order valence-corrected chi connectivity index (χ1v) is 10.3. The van der Waals surface area contributed by atoms with Crippen LogP contribution in [0.3, 0.4) is 0 Å². The molecule has 1 aliphatic heterocycles. The second-order valence-corrected chi connectivity index (χ2v) is 7.99. The first-order chi connectivity index (χ1) is 13.6. The molecule has 0 bridgehead atoms. The summed E-state index contributed by atoms with van der Waals surface area (Å²) in [7, 11) is 1.98. The summed E-state index contributed by atoms with van der Waals surface area (Å²) in [5.74, 6) is 0.909. The second kappa shape index (κ2) is 8.57. The molecule has 0 amide bonds. The van der Waals surface area contributed by atoms with Crippen molar-refractivity contribution in [1.29, 1.82) is 0 Å². The first kappa shape index (κ1) is 19.3. The summed E-state index contributed by atoms with van der Waals surface area (Å²) in [5, 5.41) is 5.56. The highest BCUT2D eigenvalue weighted by atomic mass is 35.5. The molecule has 1 aromatic heterocycles. The molecule has 1 aliphatic rings. The van der Waals surface area contributed by atoms with E-state index in [0.29, 0.717) is 0 Å². The lowest BCUT2D eigenvalue weighted by Crippen LogP contribution is -2.46. The van der Waals surface area contributed by atoms with Crippen LogP contribution in [-0.4, -0.2) is 50.3 Å². The molecule has 1 saturated heterocycles. The van der Waals surface area contributed by atoms with Crippen LogP contribution in [-0.2, 0) is 20.3 Å². The first-order valence-electron chi connectivity index (χ1n) is 9.48. The molecule has 3 aromatic rings. The minimum Gasteiger partial charge on any atom is -0.303 e.